The molecule has 0 radical (unpaired) electrons. The molecule has 3 rings (SSSR count). The van der Waals surface area contributed by atoms with Gasteiger partial charge in [0.05, 0.1) is 14.2 Å². The first-order chi connectivity index (χ1) is 12.5. The number of fused-ring (bicyclic) bond motifs is 1. The van der Waals surface area contributed by atoms with Gasteiger partial charge in [0.25, 0.3) is 5.56 Å². The molecule has 0 fully saturated rings. The van der Waals surface area contributed by atoms with Gasteiger partial charge in [0, 0.05) is 17.3 Å². The predicted molar refractivity (Wildman–Crippen MR) is 98.1 cm³/mol. The maximum atomic E-state index is 11.9. The molecule has 0 spiro atoms. The number of hydrogen-bond acceptors (Lipinski definition) is 5. The van der Waals surface area contributed by atoms with E-state index in [1.807, 2.05) is 0 Å². The standard InChI is InChI=1S/C19H18N2O5/c1-25-15-6-4-12(9-16(15)26-2)17(19(23)24)21-13-5-3-11-7-8-20-18(22)14(11)10-13/h3-10,17,21H,1-2H3,(H,20,22)(H,23,24). The van der Waals surface area contributed by atoms with Gasteiger partial charge >= 0.3 is 5.97 Å². The van der Waals surface area contributed by atoms with Crippen LogP contribution in [0, 0.1) is 0 Å². The molecule has 0 saturated heterocycles. The van der Waals surface area contributed by atoms with Crippen molar-refractivity contribution < 1.29 is 19.4 Å². The molecule has 1 unspecified atom stereocenters. The van der Waals surface area contributed by atoms with Gasteiger partial charge in [-0.3, -0.25) is 4.79 Å². The Kier molecular flexibility index (Phi) is 4.79. The molecule has 7 heteroatoms. The summed E-state index contributed by atoms with van der Waals surface area (Å²) in [6, 6.07) is 10.8. The second-order valence-electron chi connectivity index (χ2n) is 5.64. The summed E-state index contributed by atoms with van der Waals surface area (Å²) in [7, 11) is 3.00. The molecule has 1 heterocycles. The number of benzene rings is 2. The predicted octanol–water partition coefficient (Wildman–Crippen LogP) is 2.78. The highest BCUT2D eigenvalue weighted by Gasteiger charge is 2.21. The lowest BCUT2D eigenvalue weighted by Gasteiger charge is -2.18. The summed E-state index contributed by atoms with van der Waals surface area (Å²) in [5.41, 5.74) is 0.790. The zero-order valence-corrected chi connectivity index (χ0v) is 14.3. The molecule has 0 aliphatic carbocycles. The van der Waals surface area contributed by atoms with Crippen LogP contribution in [0.5, 0.6) is 11.5 Å². The van der Waals surface area contributed by atoms with Crippen LogP contribution in [0.4, 0.5) is 5.69 Å². The van der Waals surface area contributed by atoms with E-state index in [0.29, 0.717) is 28.1 Å². The van der Waals surface area contributed by atoms with Crippen LogP contribution >= 0.6 is 0 Å². The highest BCUT2D eigenvalue weighted by atomic mass is 16.5. The van der Waals surface area contributed by atoms with E-state index in [2.05, 4.69) is 10.3 Å². The van der Waals surface area contributed by atoms with Crippen LogP contribution < -0.4 is 20.3 Å². The van der Waals surface area contributed by atoms with Crippen molar-refractivity contribution in [3.63, 3.8) is 0 Å². The first kappa shape index (κ1) is 17.3. The highest BCUT2D eigenvalue weighted by Crippen LogP contribution is 2.31. The lowest BCUT2D eigenvalue weighted by Crippen LogP contribution is -2.20. The van der Waals surface area contributed by atoms with Gasteiger partial charge in [-0.2, -0.15) is 0 Å². The molecule has 3 N–H and O–H groups in total. The maximum Gasteiger partial charge on any atom is 0.330 e. The van der Waals surface area contributed by atoms with Crippen LogP contribution in [0.25, 0.3) is 10.8 Å². The van der Waals surface area contributed by atoms with E-state index in [-0.39, 0.29) is 5.56 Å². The Balaban J connectivity index is 1.98. The maximum absolute atomic E-state index is 11.9. The molecule has 2 aromatic carbocycles. The lowest BCUT2D eigenvalue weighted by molar-refractivity contribution is -0.138. The van der Waals surface area contributed by atoms with Crippen molar-refractivity contribution >= 4 is 22.4 Å². The number of H-pyrrole nitrogens is 1. The summed E-state index contributed by atoms with van der Waals surface area (Å²) in [5, 5.41) is 13.9. The average Bonchev–Trinajstić information content (AvgIpc) is 2.66. The Morgan fingerprint density at radius 1 is 1.08 bits per heavy atom. The minimum atomic E-state index is -1.06. The van der Waals surface area contributed by atoms with Crippen molar-refractivity contribution in [1.82, 2.24) is 4.98 Å². The molecule has 0 amide bonds. The van der Waals surface area contributed by atoms with E-state index in [4.69, 9.17) is 9.47 Å². The van der Waals surface area contributed by atoms with Gasteiger partial charge in [-0.25, -0.2) is 4.79 Å². The number of nitrogens with one attached hydrogen (secondary N) is 2. The number of ether oxygens (including phenoxy) is 2. The first-order valence-corrected chi connectivity index (χ1v) is 7.86. The van der Waals surface area contributed by atoms with Gasteiger partial charge < -0.3 is 24.9 Å². The minimum Gasteiger partial charge on any atom is -0.493 e. The lowest BCUT2D eigenvalue weighted by atomic mass is 10.0. The quantitative estimate of drug-likeness (QED) is 0.629. The van der Waals surface area contributed by atoms with Crippen molar-refractivity contribution in [1.29, 1.82) is 0 Å². The number of carboxylic acids is 1. The van der Waals surface area contributed by atoms with Gasteiger partial charge in [0.2, 0.25) is 0 Å². The van der Waals surface area contributed by atoms with Crippen LogP contribution in [0.1, 0.15) is 11.6 Å². The molecule has 7 nitrogen and oxygen atoms in total. The van der Waals surface area contributed by atoms with Gasteiger partial charge in [-0.1, -0.05) is 12.1 Å². The molecule has 1 atom stereocenters. The summed E-state index contributed by atoms with van der Waals surface area (Å²) in [6.07, 6.45) is 1.57. The monoisotopic (exact) mass is 354 g/mol. The Morgan fingerprint density at radius 3 is 2.54 bits per heavy atom. The molecule has 0 saturated carbocycles. The fourth-order valence-electron chi connectivity index (χ4n) is 2.76. The van der Waals surface area contributed by atoms with E-state index in [1.54, 1.807) is 48.7 Å². The third-order valence-corrected chi connectivity index (χ3v) is 4.07. The number of hydrogen-bond donors (Lipinski definition) is 3. The van der Waals surface area contributed by atoms with Crippen LogP contribution in [0.3, 0.4) is 0 Å². The van der Waals surface area contributed by atoms with Crippen molar-refractivity contribution in [2.24, 2.45) is 0 Å². The molecule has 0 aliphatic rings. The number of anilines is 1. The van der Waals surface area contributed by atoms with Crippen molar-refractivity contribution in [3.05, 3.63) is 64.6 Å². The number of aliphatic carboxylic acids is 1. The molecule has 26 heavy (non-hydrogen) atoms. The second-order valence-corrected chi connectivity index (χ2v) is 5.64. The fraction of sp³-hybridized carbons (Fsp3) is 0.158. The third-order valence-electron chi connectivity index (χ3n) is 4.07. The molecule has 3 aromatic rings. The number of pyridine rings is 1. The molecule has 0 aliphatic heterocycles. The number of rotatable bonds is 6. The summed E-state index contributed by atoms with van der Waals surface area (Å²) in [5.74, 6) is -0.107. The first-order valence-electron chi connectivity index (χ1n) is 7.86. The number of carboxylic acid groups (broad SMARTS) is 1. The zero-order chi connectivity index (χ0) is 18.7. The molecule has 1 aromatic heterocycles. The van der Waals surface area contributed by atoms with E-state index >= 15 is 0 Å². The third kappa shape index (κ3) is 3.32. The topological polar surface area (TPSA) is 101 Å². The van der Waals surface area contributed by atoms with Gasteiger partial charge in [-0.05, 0) is 41.3 Å². The van der Waals surface area contributed by atoms with Crippen molar-refractivity contribution in [2.75, 3.05) is 19.5 Å². The molecule has 0 bridgehead atoms. The minimum absolute atomic E-state index is 0.232. The van der Waals surface area contributed by atoms with Crippen LogP contribution in [-0.4, -0.2) is 30.3 Å². The Bertz CT molecular complexity index is 1010. The summed E-state index contributed by atoms with van der Waals surface area (Å²) >= 11 is 0. The highest BCUT2D eigenvalue weighted by molar-refractivity contribution is 5.86. The van der Waals surface area contributed by atoms with E-state index in [9.17, 15) is 14.7 Å². The van der Waals surface area contributed by atoms with E-state index in [0.717, 1.165) is 5.39 Å². The van der Waals surface area contributed by atoms with Crippen LogP contribution in [-0.2, 0) is 4.79 Å². The molecular weight excluding hydrogens is 336 g/mol. The van der Waals surface area contributed by atoms with E-state index in [1.165, 1.54) is 14.2 Å². The smallest absolute Gasteiger partial charge is 0.330 e. The largest absolute Gasteiger partial charge is 0.493 e. The van der Waals surface area contributed by atoms with Crippen molar-refractivity contribution in [2.45, 2.75) is 6.04 Å². The Hall–Kier alpha value is -3.48. The van der Waals surface area contributed by atoms with Crippen LogP contribution in [0.15, 0.2) is 53.5 Å². The fourth-order valence-corrected chi connectivity index (χ4v) is 2.76. The van der Waals surface area contributed by atoms with Crippen molar-refractivity contribution in [3.8, 4) is 11.5 Å². The average molecular weight is 354 g/mol. The van der Waals surface area contributed by atoms with E-state index < -0.39 is 12.0 Å². The number of methoxy groups -OCH3 is 2. The van der Waals surface area contributed by atoms with Crippen LogP contribution in [0.2, 0.25) is 0 Å². The zero-order valence-electron chi connectivity index (χ0n) is 14.3. The van der Waals surface area contributed by atoms with Gasteiger partial charge in [0.15, 0.2) is 17.5 Å². The Morgan fingerprint density at radius 2 is 1.85 bits per heavy atom. The Labute approximate surface area is 149 Å². The molecular formula is C19H18N2O5. The summed E-state index contributed by atoms with van der Waals surface area (Å²) in [6.45, 7) is 0. The van der Waals surface area contributed by atoms with Gasteiger partial charge in [-0.15, -0.1) is 0 Å². The molecule has 134 valence electrons. The number of carbonyl (C=O) groups is 1. The number of aromatic amines is 1. The van der Waals surface area contributed by atoms with Gasteiger partial charge in [0.1, 0.15) is 0 Å². The summed E-state index contributed by atoms with van der Waals surface area (Å²) in [4.78, 5) is 26.3. The number of aromatic nitrogens is 1. The summed E-state index contributed by atoms with van der Waals surface area (Å²) < 4.78 is 10.4. The second kappa shape index (κ2) is 7.18. The normalized spacial score (nSPS) is 11.8. The SMILES string of the molecule is COc1ccc(C(Nc2ccc3cc[nH]c(=O)c3c2)C(=O)O)cc1OC.